The normalized spacial score (nSPS) is 17.3. The number of amides is 2. The number of piperazine rings is 1. The molecule has 7 nitrogen and oxygen atoms in total. The van der Waals surface area contributed by atoms with Crippen LogP contribution in [0.5, 0.6) is 0 Å². The summed E-state index contributed by atoms with van der Waals surface area (Å²) in [6.45, 7) is 5.14. The minimum absolute atomic E-state index is 0.0269. The Morgan fingerprint density at radius 3 is 1.97 bits per heavy atom. The molecule has 3 aromatic carbocycles. The molecule has 2 heterocycles. The minimum Gasteiger partial charge on any atom is -0.445 e. The lowest BCUT2D eigenvalue weighted by Gasteiger charge is -2.43. The maximum atomic E-state index is 13.5. The van der Waals surface area contributed by atoms with Gasteiger partial charge in [0.1, 0.15) is 13.2 Å². The fourth-order valence-electron chi connectivity index (χ4n) is 5.04. The van der Waals surface area contributed by atoms with E-state index in [0.717, 1.165) is 28.1 Å². The van der Waals surface area contributed by atoms with E-state index in [-0.39, 0.29) is 37.2 Å². The molecule has 38 heavy (non-hydrogen) atoms. The Morgan fingerprint density at radius 1 is 0.816 bits per heavy atom. The molecule has 1 fully saturated rings. The second-order valence-corrected chi connectivity index (χ2v) is 9.75. The summed E-state index contributed by atoms with van der Waals surface area (Å²) in [5, 5.41) is 4.81. The quantitative estimate of drug-likeness (QED) is 0.346. The summed E-state index contributed by atoms with van der Waals surface area (Å²) in [6.07, 6.45) is -0.355. The number of benzene rings is 3. The van der Waals surface area contributed by atoms with Crippen molar-refractivity contribution in [2.24, 2.45) is 0 Å². The van der Waals surface area contributed by atoms with Gasteiger partial charge in [0.15, 0.2) is 0 Å². The average Bonchev–Trinajstić information content (AvgIpc) is 3.36. The molecule has 1 saturated heterocycles. The molecule has 0 aliphatic carbocycles. The highest BCUT2D eigenvalue weighted by atomic mass is 16.6. The molecule has 2 atom stereocenters. The Labute approximate surface area is 223 Å². The second kappa shape index (κ2) is 11.3. The third-order valence-electron chi connectivity index (χ3n) is 6.89. The monoisotopic (exact) mass is 508 g/mol. The largest absolute Gasteiger partial charge is 0.445 e. The van der Waals surface area contributed by atoms with Gasteiger partial charge in [-0.15, -0.1) is 0 Å². The van der Waals surface area contributed by atoms with Crippen molar-refractivity contribution in [2.45, 2.75) is 39.1 Å². The molecule has 1 aliphatic rings. The van der Waals surface area contributed by atoms with Crippen LogP contribution in [0.2, 0.25) is 0 Å². The summed E-state index contributed by atoms with van der Waals surface area (Å²) in [4.78, 5) is 30.0. The van der Waals surface area contributed by atoms with Crippen LogP contribution >= 0.6 is 0 Å². The van der Waals surface area contributed by atoms with E-state index in [2.05, 4.69) is 0 Å². The molecule has 2 amide bonds. The number of carbonyl (C=O) groups is 2. The highest BCUT2D eigenvalue weighted by Crippen LogP contribution is 2.27. The van der Waals surface area contributed by atoms with Gasteiger partial charge in [-0.3, -0.25) is 14.4 Å². The van der Waals surface area contributed by atoms with Gasteiger partial charge in [0.05, 0.1) is 23.5 Å². The molecule has 7 heteroatoms. The summed E-state index contributed by atoms with van der Waals surface area (Å²) in [7, 11) is 0. The molecule has 2 unspecified atom stereocenters. The van der Waals surface area contributed by atoms with Gasteiger partial charge in [0.2, 0.25) is 5.91 Å². The van der Waals surface area contributed by atoms with Crippen LogP contribution in [0.15, 0.2) is 97.1 Å². The summed E-state index contributed by atoms with van der Waals surface area (Å²) >= 11 is 0. The fraction of sp³-hybridized carbons (Fsp3) is 0.258. The van der Waals surface area contributed by atoms with E-state index in [0.29, 0.717) is 13.1 Å². The van der Waals surface area contributed by atoms with Crippen molar-refractivity contribution in [1.82, 2.24) is 19.6 Å². The van der Waals surface area contributed by atoms with E-state index in [1.807, 2.05) is 116 Å². The number of hydrogen-bond acceptors (Lipinski definition) is 4. The van der Waals surface area contributed by atoms with E-state index in [1.165, 1.54) is 0 Å². The highest BCUT2D eigenvalue weighted by molar-refractivity contribution is 5.78. The first-order valence-corrected chi connectivity index (χ1v) is 12.9. The van der Waals surface area contributed by atoms with Gasteiger partial charge in [-0.1, -0.05) is 91.0 Å². The number of nitrogens with zero attached hydrogens (tertiary/aromatic N) is 4. The highest BCUT2D eigenvalue weighted by Gasteiger charge is 2.36. The summed E-state index contributed by atoms with van der Waals surface area (Å²) in [6, 6.07) is 31.3. The topological polar surface area (TPSA) is 67.7 Å². The standard InChI is InChI=1S/C31H32N4O3/c1-23-19-33(20-24(2)35(23)31(37)38-22-25-12-6-3-7-13-25)30(36)21-34-29(27-16-10-5-11-17-27)18-28(32-34)26-14-8-4-9-15-26/h3-18,23-24H,19-22H2,1-2H3. The van der Waals surface area contributed by atoms with E-state index < -0.39 is 0 Å². The SMILES string of the molecule is CC1CN(C(=O)Cn2nc(-c3ccccc3)cc2-c2ccccc2)CC(C)N1C(=O)OCc1ccccc1. The molecule has 1 aliphatic heterocycles. The molecule has 0 N–H and O–H groups in total. The van der Waals surface area contributed by atoms with Crippen LogP contribution in [0.4, 0.5) is 4.79 Å². The molecule has 0 saturated carbocycles. The Hall–Kier alpha value is -4.39. The van der Waals surface area contributed by atoms with Crippen molar-refractivity contribution in [3.63, 3.8) is 0 Å². The van der Waals surface area contributed by atoms with Crippen molar-refractivity contribution >= 4 is 12.0 Å². The van der Waals surface area contributed by atoms with Gasteiger partial charge in [0.25, 0.3) is 0 Å². The molecule has 4 aromatic rings. The Morgan fingerprint density at radius 2 is 1.37 bits per heavy atom. The molecular formula is C31H32N4O3. The lowest BCUT2D eigenvalue weighted by molar-refractivity contribution is -0.136. The maximum Gasteiger partial charge on any atom is 0.410 e. The smallest absolute Gasteiger partial charge is 0.410 e. The predicted octanol–water partition coefficient (Wildman–Crippen LogP) is 5.48. The van der Waals surface area contributed by atoms with Crippen molar-refractivity contribution in [2.75, 3.05) is 13.1 Å². The molecular weight excluding hydrogens is 476 g/mol. The van der Waals surface area contributed by atoms with Crippen LogP contribution < -0.4 is 0 Å². The van der Waals surface area contributed by atoms with Gasteiger partial charge >= 0.3 is 6.09 Å². The first-order chi connectivity index (χ1) is 18.5. The molecule has 0 radical (unpaired) electrons. The Balaban J connectivity index is 1.29. The molecule has 0 spiro atoms. The number of ether oxygens (including phenoxy) is 1. The van der Waals surface area contributed by atoms with Crippen molar-refractivity contribution in [1.29, 1.82) is 0 Å². The summed E-state index contributed by atoms with van der Waals surface area (Å²) in [5.74, 6) is -0.0269. The first-order valence-electron chi connectivity index (χ1n) is 12.9. The Kier molecular flexibility index (Phi) is 7.54. The Bertz CT molecular complexity index is 1360. The van der Waals surface area contributed by atoms with Crippen LogP contribution in [0.1, 0.15) is 19.4 Å². The van der Waals surface area contributed by atoms with E-state index >= 15 is 0 Å². The van der Waals surface area contributed by atoms with Crippen LogP contribution in [0.3, 0.4) is 0 Å². The van der Waals surface area contributed by atoms with E-state index in [4.69, 9.17) is 9.84 Å². The number of rotatable bonds is 6. The van der Waals surface area contributed by atoms with Gasteiger partial charge in [-0.2, -0.15) is 5.10 Å². The van der Waals surface area contributed by atoms with E-state index in [9.17, 15) is 9.59 Å². The average molecular weight is 509 g/mol. The van der Waals surface area contributed by atoms with Crippen LogP contribution in [0, 0.1) is 0 Å². The molecule has 194 valence electrons. The van der Waals surface area contributed by atoms with E-state index in [1.54, 1.807) is 9.58 Å². The van der Waals surface area contributed by atoms with Crippen LogP contribution in [-0.4, -0.2) is 56.8 Å². The third-order valence-corrected chi connectivity index (χ3v) is 6.89. The summed E-state index contributed by atoms with van der Waals surface area (Å²) in [5.41, 5.74) is 4.66. The van der Waals surface area contributed by atoms with Gasteiger partial charge < -0.3 is 9.64 Å². The van der Waals surface area contributed by atoms with Crippen molar-refractivity contribution in [3.8, 4) is 22.5 Å². The third kappa shape index (κ3) is 5.62. The van der Waals surface area contributed by atoms with Crippen LogP contribution in [0.25, 0.3) is 22.5 Å². The number of hydrogen-bond donors (Lipinski definition) is 0. The summed E-state index contributed by atoms with van der Waals surface area (Å²) < 4.78 is 7.37. The lowest BCUT2D eigenvalue weighted by Crippen LogP contribution is -2.60. The zero-order valence-corrected chi connectivity index (χ0v) is 21.7. The van der Waals surface area contributed by atoms with Crippen LogP contribution in [-0.2, 0) is 22.7 Å². The number of carbonyl (C=O) groups excluding carboxylic acids is 2. The second-order valence-electron chi connectivity index (χ2n) is 9.75. The molecule has 1 aromatic heterocycles. The lowest BCUT2D eigenvalue weighted by atomic mass is 10.1. The van der Waals surface area contributed by atoms with Gasteiger partial charge in [-0.05, 0) is 31.0 Å². The molecule has 5 rings (SSSR count). The van der Waals surface area contributed by atoms with Crippen molar-refractivity contribution < 1.29 is 14.3 Å². The van der Waals surface area contributed by atoms with Crippen molar-refractivity contribution in [3.05, 3.63) is 103 Å². The van der Waals surface area contributed by atoms with Gasteiger partial charge in [0, 0.05) is 18.7 Å². The first kappa shape index (κ1) is 25.3. The maximum absolute atomic E-state index is 13.5. The zero-order chi connectivity index (χ0) is 26.5. The number of aromatic nitrogens is 2. The fourth-order valence-corrected chi connectivity index (χ4v) is 5.04. The predicted molar refractivity (Wildman–Crippen MR) is 147 cm³/mol. The minimum atomic E-state index is -0.355. The zero-order valence-electron chi connectivity index (χ0n) is 21.7. The van der Waals surface area contributed by atoms with Gasteiger partial charge in [-0.25, -0.2) is 4.79 Å². The molecule has 0 bridgehead atoms.